The number of hydrogen-bond donors (Lipinski definition) is 2. The molecule has 1 aromatic heterocycles. The number of rotatable bonds is 4. The second-order valence-corrected chi connectivity index (χ2v) is 5.96. The molecular formula is C22H16N2O2. The van der Waals surface area contributed by atoms with Crippen LogP contribution in [0.3, 0.4) is 0 Å². The molecule has 0 fully saturated rings. The molecule has 0 aliphatic heterocycles. The molecule has 0 saturated carbocycles. The molecular weight excluding hydrogens is 324 g/mol. The lowest BCUT2D eigenvalue weighted by atomic mass is 10.0. The van der Waals surface area contributed by atoms with Crippen LogP contribution in [-0.4, -0.2) is 16.1 Å². The van der Waals surface area contributed by atoms with E-state index in [9.17, 15) is 9.90 Å². The summed E-state index contributed by atoms with van der Waals surface area (Å²) >= 11 is 0. The molecule has 0 unspecified atom stereocenters. The summed E-state index contributed by atoms with van der Waals surface area (Å²) in [5, 5.41) is 14.8. The lowest BCUT2D eigenvalue weighted by molar-refractivity contribution is 0.0698. The third-order valence-electron chi connectivity index (χ3n) is 4.29. The van der Waals surface area contributed by atoms with Crippen molar-refractivity contribution < 1.29 is 9.90 Å². The third kappa shape index (κ3) is 3.00. The SMILES string of the molecule is O=C(O)c1ccc(-c2ccccc2)cc1Nc1cncc2ccccc12. The van der Waals surface area contributed by atoms with Gasteiger partial charge in [0.05, 0.1) is 23.1 Å². The molecule has 0 spiro atoms. The van der Waals surface area contributed by atoms with Crippen molar-refractivity contribution in [3.63, 3.8) is 0 Å². The number of aromatic nitrogens is 1. The summed E-state index contributed by atoms with van der Waals surface area (Å²) in [6.07, 6.45) is 3.50. The average Bonchev–Trinajstić information content (AvgIpc) is 2.69. The van der Waals surface area contributed by atoms with Gasteiger partial charge in [0.2, 0.25) is 0 Å². The normalized spacial score (nSPS) is 10.6. The summed E-state index contributed by atoms with van der Waals surface area (Å²) in [5.74, 6) is -0.972. The molecule has 3 aromatic carbocycles. The zero-order valence-electron chi connectivity index (χ0n) is 13.9. The van der Waals surface area contributed by atoms with Crippen LogP contribution in [-0.2, 0) is 0 Å². The highest BCUT2D eigenvalue weighted by atomic mass is 16.4. The molecule has 0 aliphatic carbocycles. The molecule has 4 nitrogen and oxygen atoms in total. The number of aromatic carboxylic acids is 1. The van der Waals surface area contributed by atoms with Gasteiger partial charge in [-0.1, -0.05) is 60.7 Å². The van der Waals surface area contributed by atoms with Gasteiger partial charge in [0.1, 0.15) is 0 Å². The van der Waals surface area contributed by atoms with E-state index in [0.717, 1.165) is 27.6 Å². The number of carbonyl (C=O) groups is 1. The average molecular weight is 340 g/mol. The lowest BCUT2D eigenvalue weighted by Crippen LogP contribution is -2.03. The summed E-state index contributed by atoms with van der Waals surface area (Å²) in [7, 11) is 0. The third-order valence-corrected chi connectivity index (χ3v) is 4.29. The molecule has 0 bridgehead atoms. The number of nitrogens with one attached hydrogen (secondary N) is 1. The van der Waals surface area contributed by atoms with Crippen LogP contribution in [0.4, 0.5) is 11.4 Å². The smallest absolute Gasteiger partial charge is 0.337 e. The Kier molecular flexibility index (Phi) is 4.07. The van der Waals surface area contributed by atoms with Gasteiger partial charge in [0.15, 0.2) is 0 Å². The number of carboxylic acids is 1. The van der Waals surface area contributed by atoms with Crippen LogP contribution in [0.25, 0.3) is 21.9 Å². The maximum atomic E-state index is 11.7. The van der Waals surface area contributed by atoms with Gasteiger partial charge in [-0.2, -0.15) is 0 Å². The van der Waals surface area contributed by atoms with Crippen molar-refractivity contribution in [3.8, 4) is 11.1 Å². The Morgan fingerprint density at radius 2 is 1.58 bits per heavy atom. The van der Waals surface area contributed by atoms with Crippen molar-refractivity contribution in [1.82, 2.24) is 4.98 Å². The highest BCUT2D eigenvalue weighted by Crippen LogP contribution is 2.30. The van der Waals surface area contributed by atoms with Gasteiger partial charge in [-0.3, -0.25) is 4.98 Å². The zero-order chi connectivity index (χ0) is 17.9. The highest BCUT2D eigenvalue weighted by Gasteiger charge is 2.13. The first-order valence-electron chi connectivity index (χ1n) is 8.25. The van der Waals surface area contributed by atoms with E-state index < -0.39 is 5.97 Å². The van der Waals surface area contributed by atoms with Crippen molar-refractivity contribution in [2.75, 3.05) is 5.32 Å². The monoisotopic (exact) mass is 340 g/mol. The first-order valence-corrected chi connectivity index (χ1v) is 8.25. The molecule has 0 amide bonds. The molecule has 1 heterocycles. The molecule has 2 N–H and O–H groups in total. The van der Waals surface area contributed by atoms with Crippen LogP contribution in [0.5, 0.6) is 0 Å². The molecule has 0 radical (unpaired) electrons. The fraction of sp³-hybridized carbons (Fsp3) is 0. The van der Waals surface area contributed by atoms with Crippen molar-refractivity contribution in [1.29, 1.82) is 0 Å². The van der Waals surface area contributed by atoms with Gasteiger partial charge in [-0.25, -0.2) is 4.79 Å². The number of nitrogens with zero attached hydrogens (tertiary/aromatic N) is 1. The van der Waals surface area contributed by atoms with E-state index in [1.165, 1.54) is 0 Å². The van der Waals surface area contributed by atoms with E-state index >= 15 is 0 Å². The fourth-order valence-electron chi connectivity index (χ4n) is 3.01. The minimum Gasteiger partial charge on any atom is -0.478 e. The molecule has 0 aliphatic rings. The van der Waals surface area contributed by atoms with Crippen LogP contribution in [0.1, 0.15) is 10.4 Å². The van der Waals surface area contributed by atoms with Crippen LogP contribution < -0.4 is 5.32 Å². The fourth-order valence-corrected chi connectivity index (χ4v) is 3.01. The van der Waals surface area contributed by atoms with E-state index in [0.29, 0.717) is 5.69 Å². The van der Waals surface area contributed by atoms with Gasteiger partial charge in [-0.15, -0.1) is 0 Å². The number of fused-ring (bicyclic) bond motifs is 1. The van der Waals surface area contributed by atoms with Crippen molar-refractivity contribution in [2.24, 2.45) is 0 Å². The number of hydrogen-bond acceptors (Lipinski definition) is 3. The Bertz CT molecular complexity index is 1090. The maximum Gasteiger partial charge on any atom is 0.337 e. The molecule has 4 heteroatoms. The lowest BCUT2D eigenvalue weighted by Gasteiger charge is -2.13. The van der Waals surface area contributed by atoms with Crippen LogP contribution in [0.15, 0.2) is 85.2 Å². The number of benzene rings is 3. The van der Waals surface area contributed by atoms with Crippen molar-refractivity contribution in [3.05, 3.63) is 90.8 Å². The van der Waals surface area contributed by atoms with E-state index in [2.05, 4.69) is 10.3 Å². The summed E-state index contributed by atoms with van der Waals surface area (Å²) < 4.78 is 0. The maximum absolute atomic E-state index is 11.7. The predicted octanol–water partition coefficient (Wildman–Crippen LogP) is 5.34. The minimum atomic E-state index is -0.972. The predicted molar refractivity (Wildman–Crippen MR) is 104 cm³/mol. The van der Waals surface area contributed by atoms with Gasteiger partial charge in [0.25, 0.3) is 0 Å². The van der Waals surface area contributed by atoms with Gasteiger partial charge in [-0.05, 0) is 23.3 Å². The first kappa shape index (κ1) is 15.8. The van der Waals surface area contributed by atoms with Crippen molar-refractivity contribution in [2.45, 2.75) is 0 Å². The van der Waals surface area contributed by atoms with E-state index in [1.54, 1.807) is 18.5 Å². The van der Waals surface area contributed by atoms with Crippen molar-refractivity contribution >= 4 is 28.1 Å². The van der Waals surface area contributed by atoms with Crippen LogP contribution >= 0.6 is 0 Å². The second kappa shape index (κ2) is 6.69. The largest absolute Gasteiger partial charge is 0.478 e. The van der Waals surface area contributed by atoms with Gasteiger partial charge in [0, 0.05) is 17.0 Å². The van der Waals surface area contributed by atoms with Crippen LogP contribution in [0, 0.1) is 0 Å². The van der Waals surface area contributed by atoms with E-state index in [4.69, 9.17) is 0 Å². The Morgan fingerprint density at radius 3 is 2.38 bits per heavy atom. The molecule has 26 heavy (non-hydrogen) atoms. The topological polar surface area (TPSA) is 62.2 Å². The number of pyridine rings is 1. The minimum absolute atomic E-state index is 0.220. The standard InChI is InChI=1S/C22H16N2O2/c25-22(26)19-11-10-16(15-6-2-1-3-7-15)12-20(19)24-21-14-23-13-17-8-4-5-9-18(17)21/h1-14,24H,(H,25,26). The van der Waals surface area contributed by atoms with Gasteiger partial charge < -0.3 is 10.4 Å². The van der Waals surface area contributed by atoms with Crippen LogP contribution in [0.2, 0.25) is 0 Å². The van der Waals surface area contributed by atoms with Gasteiger partial charge >= 0.3 is 5.97 Å². The highest BCUT2D eigenvalue weighted by molar-refractivity contribution is 6.00. The number of carboxylic acid groups (broad SMARTS) is 1. The molecule has 0 atom stereocenters. The summed E-state index contributed by atoms with van der Waals surface area (Å²) in [6.45, 7) is 0. The Morgan fingerprint density at radius 1 is 0.808 bits per heavy atom. The summed E-state index contributed by atoms with van der Waals surface area (Å²) in [4.78, 5) is 15.9. The summed E-state index contributed by atoms with van der Waals surface area (Å²) in [6, 6.07) is 23.1. The molecule has 4 aromatic rings. The van der Waals surface area contributed by atoms with E-state index in [1.807, 2.05) is 66.7 Å². The quantitative estimate of drug-likeness (QED) is 0.526. The zero-order valence-corrected chi connectivity index (χ0v) is 13.9. The Hall–Kier alpha value is -3.66. The first-order chi connectivity index (χ1) is 12.7. The second-order valence-electron chi connectivity index (χ2n) is 5.96. The Balaban J connectivity index is 1.82. The molecule has 4 rings (SSSR count). The Labute approximate surface area is 150 Å². The number of anilines is 2. The molecule has 126 valence electrons. The van der Waals surface area contributed by atoms with E-state index in [-0.39, 0.29) is 5.56 Å². The molecule has 0 saturated heterocycles. The summed E-state index contributed by atoms with van der Waals surface area (Å²) in [5.41, 5.74) is 3.51.